The Labute approximate surface area is 92.2 Å². The van der Waals surface area contributed by atoms with E-state index in [1.54, 1.807) is 0 Å². The fraction of sp³-hybridized carbons (Fsp3) is 0.917. The van der Waals surface area contributed by atoms with Gasteiger partial charge >= 0.3 is 0 Å². The zero-order valence-corrected chi connectivity index (χ0v) is 9.67. The Kier molecular flexibility index (Phi) is 3.62. The van der Waals surface area contributed by atoms with Gasteiger partial charge in [-0.2, -0.15) is 0 Å². The van der Waals surface area contributed by atoms with Crippen LogP contribution in [0.25, 0.3) is 0 Å². The summed E-state index contributed by atoms with van der Waals surface area (Å²) in [5.74, 6) is 0.349. The molecule has 15 heavy (non-hydrogen) atoms. The zero-order valence-electron chi connectivity index (χ0n) is 9.67. The van der Waals surface area contributed by atoms with Crippen molar-refractivity contribution in [3.63, 3.8) is 0 Å². The Morgan fingerprint density at radius 1 is 1.20 bits per heavy atom. The number of amides is 1. The molecule has 0 unspecified atom stereocenters. The lowest BCUT2D eigenvalue weighted by Gasteiger charge is -2.37. The second-order valence-corrected chi connectivity index (χ2v) is 4.88. The minimum Gasteiger partial charge on any atom is -0.339 e. The van der Waals surface area contributed by atoms with Crippen molar-refractivity contribution >= 4 is 5.91 Å². The molecule has 0 aromatic heterocycles. The van der Waals surface area contributed by atoms with E-state index < -0.39 is 0 Å². The van der Waals surface area contributed by atoms with Crippen molar-refractivity contribution in [1.29, 1.82) is 0 Å². The molecule has 2 rings (SSSR count). The molecule has 2 fully saturated rings. The van der Waals surface area contributed by atoms with Crippen LogP contribution < -0.4 is 5.32 Å². The Balaban J connectivity index is 1.92. The van der Waals surface area contributed by atoms with E-state index in [1.165, 1.54) is 32.1 Å². The van der Waals surface area contributed by atoms with Crippen molar-refractivity contribution < 1.29 is 4.79 Å². The monoisotopic (exact) mass is 210 g/mol. The van der Waals surface area contributed by atoms with Crippen LogP contribution in [0, 0.1) is 0 Å². The third kappa shape index (κ3) is 2.51. The van der Waals surface area contributed by atoms with Gasteiger partial charge in [0.25, 0.3) is 0 Å². The molecule has 0 aromatic rings. The molecule has 1 N–H and O–H groups in total. The molecule has 0 saturated carbocycles. The van der Waals surface area contributed by atoms with Crippen LogP contribution in [0.5, 0.6) is 0 Å². The summed E-state index contributed by atoms with van der Waals surface area (Å²) >= 11 is 0. The third-order valence-corrected chi connectivity index (χ3v) is 3.69. The topological polar surface area (TPSA) is 32.3 Å². The number of nitrogens with zero attached hydrogens (tertiary/aromatic N) is 1. The van der Waals surface area contributed by atoms with Crippen molar-refractivity contribution in [1.82, 2.24) is 10.2 Å². The summed E-state index contributed by atoms with van der Waals surface area (Å²) < 4.78 is 0. The van der Waals surface area contributed by atoms with Crippen LogP contribution in [0.3, 0.4) is 0 Å². The molecule has 0 aromatic carbocycles. The third-order valence-electron chi connectivity index (χ3n) is 3.69. The van der Waals surface area contributed by atoms with Crippen LogP contribution in [0.2, 0.25) is 0 Å². The maximum Gasteiger partial charge on any atom is 0.239 e. The van der Waals surface area contributed by atoms with Gasteiger partial charge in [0, 0.05) is 12.6 Å². The molecule has 3 heteroatoms. The maximum atomic E-state index is 12.2. The van der Waals surface area contributed by atoms with Gasteiger partial charge in [-0.3, -0.25) is 4.79 Å². The van der Waals surface area contributed by atoms with Crippen molar-refractivity contribution in [2.45, 2.75) is 57.5 Å². The van der Waals surface area contributed by atoms with E-state index in [0.29, 0.717) is 11.9 Å². The summed E-state index contributed by atoms with van der Waals surface area (Å²) in [6.45, 7) is 4.16. The number of nitrogens with one attached hydrogen (secondary N) is 1. The summed E-state index contributed by atoms with van der Waals surface area (Å²) in [6.07, 6.45) is 7.09. The first-order chi connectivity index (χ1) is 7.29. The smallest absolute Gasteiger partial charge is 0.239 e. The fourth-order valence-corrected chi connectivity index (χ4v) is 2.69. The largest absolute Gasteiger partial charge is 0.339 e. The van der Waals surface area contributed by atoms with Crippen molar-refractivity contribution in [3.05, 3.63) is 0 Å². The average Bonchev–Trinajstić information content (AvgIpc) is 2.30. The molecule has 1 amide bonds. The van der Waals surface area contributed by atoms with Crippen molar-refractivity contribution in [2.75, 3.05) is 13.1 Å². The summed E-state index contributed by atoms with van der Waals surface area (Å²) in [5, 5.41) is 3.35. The Morgan fingerprint density at radius 3 is 2.67 bits per heavy atom. The first-order valence-corrected chi connectivity index (χ1v) is 6.33. The minimum absolute atomic E-state index is 0.110. The van der Waals surface area contributed by atoms with Crippen LogP contribution in [0.15, 0.2) is 0 Å². The van der Waals surface area contributed by atoms with Gasteiger partial charge in [-0.15, -0.1) is 0 Å². The fourth-order valence-electron chi connectivity index (χ4n) is 2.69. The lowest BCUT2D eigenvalue weighted by atomic mass is 9.99. The second-order valence-electron chi connectivity index (χ2n) is 4.88. The van der Waals surface area contributed by atoms with Gasteiger partial charge in [-0.05, 0) is 45.6 Å². The molecular formula is C12H22N2O. The van der Waals surface area contributed by atoms with E-state index in [1.807, 2.05) is 0 Å². The standard InChI is InChI=1S/C12H22N2O/c1-10-6-3-5-9-14(10)12(15)11-7-2-4-8-13-11/h10-11,13H,2-9H2,1H3/t10-,11+/m1/s1. The molecule has 86 valence electrons. The Hall–Kier alpha value is -0.570. The SMILES string of the molecule is C[C@@H]1CCCCN1C(=O)[C@@H]1CCCCN1. The number of hydrogen-bond acceptors (Lipinski definition) is 2. The molecule has 2 saturated heterocycles. The predicted octanol–water partition coefficient (Wildman–Crippen LogP) is 1.53. The summed E-state index contributed by atoms with van der Waals surface area (Å²) in [7, 11) is 0. The summed E-state index contributed by atoms with van der Waals surface area (Å²) in [5.41, 5.74) is 0. The lowest BCUT2D eigenvalue weighted by molar-refractivity contribution is -0.137. The van der Waals surface area contributed by atoms with Crippen molar-refractivity contribution in [2.24, 2.45) is 0 Å². The maximum absolute atomic E-state index is 12.2. The predicted molar refractivity (Wildman–Crippen MR) is 60.7 cm³/mol. The molecular weight excluding hydrogens is 188 g/mol. The van der Waals surface area contributed by atoms with E-state index in [4.69, 9.17) is 0 Å². The quantitative estimate of drug-likeness (QED) is 0.712. The molecule has 0 aliphatic carbocycles. The molecule has 0 radical (unpaired) electrons. The zero-order chi connectivity index (χ0) is 10.7. The van der Waals surface area contributed by atoms with Gasteiger partial charge in [0.2, 0.25) is 5.91 Å². The number of hydrogen-bond donors (Lipinski definition) is 1. The Morgan fingerprint density at radius 2 is 2.00 bits per heavy atom. The average molecular weight is 210 g/mol. The molecule has 2 aliphatic rings. The highest BCUT2D eigenvalue weighted by molar-refractivity contribution is 5.82. The Bertz CT molecular complexity index is 224. The molecule has 0 bridgehead atoms. The van der Waals surface area contributed by atoms with Gasteiger partial charge in [-0.25, -0.2) is 0 Å². The van der Waals surface area contributed by atoms with Gasteiger partial charge in [0.1, 0.15) is 0 Å². The van der Waals surface area contributed by atoms with Gasteiger partial charge in [0.15, 0.2) is 0 Å². The normalized spacial score (nSPS) is 32.7. The highest BCUT2D eigenvalue weighted by atomic mass is 16.2. The van der Waals surface area contributed by atoms with E-state index in [0.717, 1.165) is 19.5 Å². The lowest BCUT2D eigenvalue weighted by Crippen LogP contribution is -2.52. The second kappa shape index (κ2) is 4.97. The van der Waals surface area contributed by atoms with Crippen LogP contribution in [-0.2, 0) is 4.79 Å². The van der Waals surface area contributed by atoms with Crippen molar-refractivity contribution in [3.8, 4) is 0 Å². The van der Waals surface area contributed by atoms with Gasteiger partial charge < -0.3 is 10.2 Å². The summed E-state index contributed by atoms with van der Waals surface area (Å²) in [4.78, 5) is 14.3. The molecule has 2 heterocycles. The number of carbonyl (C=O) groups excluding carboxylic acids is 1. The molecule has 3 nitrogen and oxygen atoms in total. The molecule has 0 spiro atoms. The number of carbonyl (C=O) groups is 1. The van der Waals surface area contributed by atoms with Crippen LogP contribution >= 0.6 is 0 Å². The van der Waals surface area contributed by atoms with Crippen LogP contribution in [0.4, 0.5) is 0 Å². The van der Waals surface area contributed by atoms with Crippen LogP contribution in [0.1, 0.15) is 45.4 Å². The van der Waals surface area contributed by atoms with Gasteiger partial charge in [-0.1, -0.05) is 6.42 Å². The van der Waals surface area contributed by atoms with Gasteiger partial charge in [0.05, 0.1) is 6.04 Å². The number of piperidine rings is 2. The van der Waals surface area contributed by atoms with E-state index in [2.05, 4.69) is 17.1 Å². The molecule has 2 aliphatic heterocycles. The molecule has 2 atom stereocenters. The highest BCUT2D eigenvalue weighted by Crippen LogP contribution is 2.19. The van der Waals surface area contributed by atoms with Crippen LogP contribution in [-0.4, -0.2) is 36.0 Å². The first kappa shape index (κ1) is 10.9. The van der Waals surface area contributed by atoms with E-state index in [-0.39, 0.29) is 6.04 Å². The first-order valence-electron chi connectivity index (χ1n) is 6.33. The minimum atomic E-state index is 0.110. The number of likely N-dealkylation sites (tertiary alicyclic amines) is 1. The highest BCUT2D eigenvalue weighted by Gasteiger charge is 2.29. The van der Waals surface area contributed by atoms with E-state index >= 15 is 0 Å². The number of rotatable bonds is 1. The van der Waals surface area contributed by atoms with E-state index in [9.17, 15) is 4.79 Å². The summed E-state index contributed by atoms with van der Waals surface area (Å²) in [6, 6.07) is 0.564.